The number of nitrogens with one attached hydrogen (secondary N) is 2. The second-order valence-corrected chi connectivity index (χ2v) is 5.46. The van der Waals surface area contributed by atoms with Gasteiger partial charge in [0, 0.05) is 18.6 Å². The molecule has 1 aromatic rings. The second-order valence-electron chi connectivity index (χ2n) is 5.46. The van der Waals surface area contributed by atoms with Crippen LogP contribution in [0.5, 0.6) is 6.01 Å². The van der Waals surface area contributed by atoms with Crippen LogP contribution >= 0.6 is 0 Å². The van der Waals surface area contributed by atoms with Gasteiger partial charge in [-0.15, -0.1) is 0 Å². The summed E-state index contributed by atoms with van der Waals surface area (Å²) in [6, 6.07) is 0.309. The zero-order chi connectivity index (χ0) is 15.2. The number of aromatic nitrogens is 3. The smallest absolute Gasteiger partial charge is 0.322 e. The van der Waals surface area contributed by atoms with Crippen molar-refractivity contribution in [1.82, 2.24) is 19.9 Å². The van der Waals surface area contributed by atoms with Crippen LogP contribution in [0.15, 0.2) is 0 Å². The summed E-state index contributed by atoms with van der Waals surface area (Å²) in [5.41, 5.74) is -0.00310. The van der Waals surface area contributed by atoms with Gasteiger partial charge in [0.15, 0.2) is 0 Å². The van der Waals surface area contributed by atoms with E-state index in [4.69, 9.17) is 4.74 Å². The van der Waals surface area contributed by atoms with Crippen molar-refractivity contribution < 1.29 is 4.74 Å². The quantitative estimate of drug-likeness (QED) is 0.747. The molecule has 0 radical (unpaired) electrons. The molecule has 0 saturated carbocycles. The molecule has 0 bridgehead atoms. The molecule has 114 valence electrons. The first kappa shape index (κ1) is 16.4. The van der Waals surface area contributed by atoms with Crippen molar-refractivity contribution >= 4 is 11.9 Å². The molecule has 0 aliphatic carbocycles. The highest BCUT2D eigenvalue weighted by molar-refractivity contribution is 5.36. The molecule has 7 heteroatoms. The summed E-state index contributed by atoms with van der Waals surface area (Å²) in [5, 5.41) is 6.37. The fourth-order valence-electron chi connectivity index (χ4n) is 1.30. The molecule has 0 aliphatic rings. The Kier molecular flexibility index (Phi) is 5.94. The summed E-state index contributed by atoms with van der Waals surface area (Å²) in [5.74, 6) is 1.05. The fourth-order valence-corrected chi connectivity index (χ4v) is 1.30. The third-order valence-electron chi connectivity index (χ3n) is 3.22. The molecular weight excluding hydrogens is 256 g/mol. The summed E-state index contributed by atoms with van der Waals surface area (Å²) in [6.45, 7) is 7.92. The molecule has 0 unspecified atom stereocenters. The van der Waals surface area contributed by atoms with E-state index >= 15 is 0 Å². The van der Waals surface area contributed by atoms with Gasteiger partial charge in [0.25, 0.3) is 0 Å². The van der Waals surface area contributed by atoms with Gasteiger partial charge in [-0.05, 0) is 34.4 Å². The Morgan fingerprint density at radius 1 is 1.10 bits per heavy atom. The maximum atomic E-state index is 5.10. The molecule has 0 aliphatic heterocycles. The average Bonchev–Trinajstić information content (AvgIpc) is 2.42. The van der Waals surface area contributed by atoms with Gasteiger partial charge in [-0.3, -0.25) is 0 Å². The summed E-state index contributed by atoms with van der Waals surface area (Å²) in [6.07, 6.45) is 1.00. The van der Waals surface area contributed by atoms with Crippen LogP contribution in [0.25, 0.3) is 0 Å². The lowest BCUT2D eigenvalue weighted by Gasteiger charge is -2.32. The zero-order valence-corrected chi connectivity index (χ0v) is 13.3. The van der Waals surface area contributed by atoms with Crippen molar-refractivity contribution in [2.75, 3.05) is 44.9 Å². The lowest BCUT2D eigenvalue weighted by atomic mass is 10.1. The first-order chi connectivity index (χ1) is 9.39. The Balaban J connectivity index is 2.78. The van der Waals surface area contributed by atoms with Gasteiger partial charge in [-0.2, -0.15) is 15.0 Å². The Morgan fingerprint density at radius 3 is 2.20 bits per heavy atom. The van der Waals surface area contributed by atoms with Crippen LogP contribution in [0.4, 0.5) is 11.9 Å². The second kappa shape index (κ2) is 7.23. The maximum Gasteiger partial charge on any atom is 0.322 e. The Bertz CT molecular complexity index is 421. The lowest BCUT2D eigenvalue weighted by Crippen LogP contribution is -2.44. The topological polar surface area (TPSA) is 75.2 Å². The summed E-state index contributed by atoms with van der Waals surface area (Å²) < 4.78 is 5.10. The number of hydrogen-bond donors (Lipinski definition) is 2. The summed E-state index contributed by atoms with van der Waals surface area (Å²) in [7, 11) is 5.64. The van der Waals surface area contributed by atoms with E-state index < -0.39 is 0 Å². The third kappa shape index (κ3) is 4.80. The Labute approximate surface area is 121 Å². The number of rotatable bonds is 8. The van der Waals surface area contributed by atoms with Crippen LogP contribution in [-0.2, 0) is 0 Å². The van der Waals surface area contributed by atoms with Crippen LogP contribution in [0.1, 0.15) is 27.2 Å². The molecule has 20 heavy (non-hydrogen) atoms. The molecule has 0 amide bonds. The average molecular weight is 282 g/mol. The van der Waals surface area contributed by atoms with Crippen molar-refractivity contribution in [3.8, 4) is 6.01 Å². The number of ether oxygens (including phenoxy) is 1. The molecule has 1 aromatic heterocycles. The van der Waals surface area contributed by atoms with Crippen molar-refractivity contribution in [2.24, 2.45) is 0 Å². The monoisotopic (exact) mass is 282 g/mol. The first-order valence-electron chi connectivity index (χ1n) is 6.84. The number of nitrogens with zero attached hydrogens (tertiary/aromatic N) is 4. The highest BCUT2D eigenvalue weighted by atomic mass is 16.5. The minimum Gasteiger partial charge on any atom is -0.467 e. The highest BCUT2D eigenvalue weighted by Crippen LogP contribution is 2.14. The van der Waals surface area contributed by atoms with Crippen LogP contribution in [0, 0.1) is 0 Å². The van der Waals surface area contributed by atoms with Crippen LogP contribution in [0.3, 0.4) is 0 Å². The predicted octanol–water partition coefficient (Wildman–Crippen LogP) is 1.45. The van der Waals surface area contributed by atoms with Gasteiger partial charge in [0.2, 0.25) is 11.9 Å². The summed E-state index contributed by atoms with van der Waals surface area (Å²) in [4.78, 5) is 14.9. The van der Waals surface area contributed by atoms with Gasteiger partial charge in [0.05, 0.1) is 7.11 Å². The van der Waals surface area contributed by atoms with E-state index in [1.165, 1.54) is 0 Å². The molecule has 7 nitrogen and oxygen atoms in total. The summed E-state index contributed by atoms with van der Waals surface area (Å²) >= 11 is 0. The SMILES string of the molecule is CCCNc1nc(NCC(C)(C)N(C)C)nc(OC)n1. The molecular formula is C13H26N6O. The van der Waals surface area contributed by atoms with Crippen LogP contribution in [0.2, 0.25) is 0 Å². The molecule has 1 heterocycles. The minimum atomic E-state index is -0.00310. The predicted molar refractivity (Wildman–Crippen MR) is 81.4 cm³/mol. The molecule has 0 atom stereocenters. The molecule has 0 spiro atoms. The maximum absolute atomic E-state index is 5.10. The number of hydrogen-bond acceptors (Lipinski definition) is 7. The van der Waals surface area contributed by atoms with Gasteiger partial charge >= 0.3 is 6.01 Å². The third-order valence-corrected chi connectivity index (χ3v) is 3.22. The van der Waals surface area contributed by atoms with E-state index in [-0.39, 0.29) is 5.54 Å². The number of methoxy groups -OCH3 is 1. The first-order valence-corrected chi connectivity index (χ1v) is 6.84. The largest absolute Gasteiger partial charge is 0.467 e. The number of likely N-dealkylation sites (N-methyl/N-ethyl adjacent to an activating group) is 1. The van der Waals surface area contributed by atoms with Gasteiger partial charge in [-0.25, -0.2) is 0 Å². The molecule has 2 N–H and O–H groups in total. The Hall–Kier alpha value is -1.63. The van der Waals surface area contributed by atoms with E-state index in [2.05, 4.69) is 51.3 Å². The van der Waals surface area contributed by atoms with E-state index in [0.29, 0.717) is 17.9 Å². The van der Waals surface area contributed by atoms with E-state index in [0.717, 1.165) is 19.5 Å². The molecule has 0 fully saturated rings. The van der Waals surface area contributed by atoms with Crippen molar-refractivity contribution in [1.29, 1.82) is 0 Å². The van der Waals surface area contributed by atoms with E-state index in [1.54, 1.807) is 7.11 Å². The number of anilines is 2. The van der Waals surface area contributed by atoms with Gasteiger partial charge in [-0.1, -0.05) is 6.92 Å². The lowest BCUT2D eigenvalue weighted by molar-refractivity contribution is 0.209. The Morgan fingerprint density at radius 2 is 1.70 bits per heavy atom. The fraction of sp³-hybridized carbons (Fsp3) is 0.769. The molecule has 0 aromatic carbocycles. The standard InChI is InChI=1S/C13H26N6O/c1-7-8-14-10-16-11(18-12(17-10)20-6)15-9-13(2,3)19(4)5/h7-9H2,1-6H3,(H2,14,15,16,17,18). The van der Waals surface area contributed by atoms with Crippen molar-refractivity contribution in [3.63, 3.8) is 0 Å². The van der Waals surface area contributed by atoms with Crippen molar-refractivity contribution in [3.05, 3.63) is 0 Å². The van der Waals surface area contributed by atoms with Crippen molar-refractivity contribution in [2.45, 2.75) is 32.7 Å². The highest BCUT2D eigenvalue weighted by Gasteiger charge is 2.20. The zero-order valence-electron chi connectivity index (χ0n) is 13.3. The molecule has 0 saturated heterocycles. The van der Waals surface area contributed by atoms with E-state index in [9.17, 15) is 0 Å². The minimum absolute atomic E-state index is 0.00310. The normalized spacial score (nSPS) is 11.6. The molecule has 1 rings (SSSR count). The van der Waals surface area contributed by atoms with Crippen LogP contribution < -0.4 is 15.4 Å². The van der Waals surface area contributed by atoms with Gasteiger partial charge in [0.1, 0.15) is 0 Å². The van der Waals surface area contributed by atoms with Crippen LogP contribution in [-0.4, -0.2) is 59.7 Å². The van der Waals surface area contributed by atoms with E-state index in [1.807, 2.05) is 14.1 Å². The van der Waals surface area contributed by atoms with Gasteiger partial charge < -0.3 is 20.3 Å².